The zero-order valence-corrected chi connectivity index (χ0v) is 10.7. The van der Waals surface area contributed by atoms with Gasteiger partial charge in [-0.25, -0.2) is 0 Å². The van der Waals surface area contributed by atoms with Gasteiger partial charge < -0.3 is 10.3 Å². The summed E-state index contributed by atoms with van der Waals surface area (Å²) in [5.41, 5.74) is 7.24. The fourth-order valence-corrected chi connectivity index (χ4v) is 1.65. The van der Waals surface area contributed by atoms with Crippen molar-refractivity contribution in [3.8, 4) is 11.5 Å². The number of benzene rings is 1. The fourth-order valence-electron chi connectivity index (χ4n) is 1.29. The molecule has 0 aliphatic carbocycles. The van der Waals surface area contributed by atoms with Gasteiger partial charge in [-0.2, -0.15) is 4.98 Å². The molecule has 0 fully saturated rings. The second-order valence-electron chi connectivity index (χ2n) is 3.84. The van der Waals surface area contributed by atoms with E-state index in [-0.39, 0.29) is 5.92 Å². The summed E-state index contributed by atoms with van der Waals surface area (Å²) >= 11 is 3.38. The molecule has 5 heteroatoms. The molecule has 1 heterocycles. The molecule has 0 unspecified atom stereocenters. The van der Waals surface area contributed by atoms with Crippen molar-refractivity contribution >= 4 is 21.6 Å². The summed E-state index contributed by atoms with van der Waals surface area (Å²) < 4.78 is 6.12. The van der Waals surface area contributed by atoms with Crippen molar-refractivity contribution in [2.75, 3.05) is 5.73 Å². The van der Waals surface area contributed by atoms with Crippen molar-refractivity contribution in [3.05, 3.63) is 28.5 Å². The van der Waals surface area contributed by atoms with Crippen LogP contribution in [0.4, 0.5) is 5.69 Å². The molecule has 0 aliphatic rings. The molecular weight excluding hydrogens is 270 g/mol. The zero-order chi connectivity index (χ0) is 11.7. The molecule has 1 aromatic carbocycles. The highest BCUT2D eigenvalue weighted by Crippen LogP contribution is 2.28. The Hall–Kier alpha value is -1.36. The molecule has 16 heavy (non-hydrogen) atoms. The molecule has 2 aromatic rings. The Kier molecular flexibility index (Phi) is 2.96. The van der Waals surface area contributed by atoms with Crippen LogP contribution in [0.15, 0.2) is 27.2 Å². The Balaban J connectivity index is 2.46. The molecule has 0 aliphatic heterocycles. The van der Waals surface area contributed by atoms with Gasteiger partial charge in [0, 0.05) is 16.1 Å². The number of hydrogen-bond acceptors (Lipinski definition) is 4. The molecule has 0 spiro atoms. The van der Waals surface area contributed by atoms with Crippen molar-refractivity contribution in [3.63, 3.8) is 0 Å². The van der Waals surface area contributed by atoms with Gasteiger partial charge in [-0.1, -0.05) is 34.9 Å². The Bertz CT molecular complexity index is 508. The first-order chi connectivity index (χ1) is 7.58. The molecular formula is C11H12BrN3O. The van der Waals surface area contributed by atoms with Crippen LogP contribution in [0, 0.1) is 0 Å². The number of hydrogen-bond donors (Lipinski definition) is 1. The van der Waals surface area contributed by atoms with Gasteiger partial charge in [0.15, 0.2) is 5.82 Å². The normalized spacial score (nSPS) is 11.0. The summed E-state index contributed by atoms with van der Waals surface area (Å²) in [5, 5.41) is 3.91. The van der Waals surface area contributed by atoms with Gasteiger partial charge in [0.1, 0.15) is 0 Å². The number of nitrogens with zero attached hydrogens (tertiary/aromatic N) is 2. The van der Waals surface area contributed by atoms with Gasteiger partial charge in [-0.15, -0.1) is 0 Å². The number of aromatic nitrogens is 2. The van der Waals surface area contributed by atoms with E-state index in [1.54, 1.807) is 6.07 Å². The predicted octanol–water partition coefficient (Wildman–Crippen LogP) is 3.20. The molecule has 0 saturated carbocycles. The minimum absolute atomic E-state index is 0.242. The molecule has 84 valence electrons. The van der Waals surface area contributed by atoms with E-state index in [0.717, 1.165) is 10.0 Å². The maximum absolute atomic E-state index is 5.86. The minimum atomic E-state index is 0.242. The van der Waals surface area contributed by atoms with Crippen molar-refractivity contribution in [2.24, 2.45) is 0 Å². The second-order valence-corrected chi connectivity index (χ2v) is 4.76. The lowest BCUT2D eigenvalue weighted by Gasteiger charge is -2.00. The first kappa shape index (κ1) is 11.1. The third-order valence-corrected chi connectivity index (χ3v) is 2.70. The summed E-state index contributed by atoms with van der Waals surface area (Å²) in [6.45, 7) is 4.03. The monoisotopic (exact) mass is 281 g/mol. The van der Waals surface area contributed by atoms with Crippen LogP contribution in [0.2, 0.25) is 0 Å². The van der Waals surface area contributed by atoms with Gasteiger partial charge in [-0.05, 0) is 18.2 Å². The van der Waals surface area contributed by atoms with Crippen LogP contribution in [-0.4, -0.2) is 10.1 Å². The van der Waals surface area contributed by atoms with Crippen LogP contribution in [0.5, 0.6) is 0 Å². The van der Waals surface area contributed by atoms with E-state index < -0.39 is 0 Å². The largest absolute Gasteiger partial charge is 0.398 e. The summed E-state index contributed by atoms with van der Waals surface area (Å²) in [6.07, 6.45) is 0. The number of nitrogen functional groups attached to an aromatic ring is 1. The Labute approximate surface area is 102 Å². The first-order valence-electron chi connectivity index (χ1n) is 4.97. The topological polar surface area (TPSA) is 64.9 Å². The highest BCUT2D eigenvalue weighted by atomic mass is 79.9. The van der Waals surface area contributed by atoms with Crippen LogP contribution < -0.4 is 5.73 Å². The van der Waals surface area contributed by atoms with Crippen molar-refractivity contribution in [1.29, 1.82) is 0 Å². The van der Waals surface area contributed by atoms with E-state index in [9.17, 15) is 0 Å². The van der Waals surface area contributed by atoms with Gasteiger partial charge in [0.2, 0.25) is 0 Å². The molecule has 0 amide bonds. The molecule has 1 aromatic heterocycles. The van der Waals surface area contributed by atoms with Crippen LogP contribution in [0.1, 0.15) is 25.6 Å². The average molecular weight is 282 g/mol. The van der Waals surface area contributed by atoms with Gasteiger partial charge in [-0.3, -0.25) is 0 Å². The summed E-state index contributed by atoms with van der Waals surface area (Å²) in [7, 11) is 0. The maximum atomic E-state index is 5.86. The second kappa shape index (κ2) is 4.25. The van der Waals surface area contributed by atoms with E-state index >= 15 is 0 Å². The van der Waals surface area contributed by atoms with Crippen LogP contribution in [0.25, 0.3) is 11.5 Å². The van der Waals surface area contributed by atoms with Gasteiger partial charge in [0.25, 0.3) is 5.89 Å². The molecule has 4 nitrogen and oxygen atoms in total. The predicted molar refractivity (Wildman–Crippen MR) is 65.9 cm³/mol. The highest BCUT2D eigenvalue weighted by molar-refractivity contribution is 9.10. The number of rotatable bonds is 2. The van der Waals surface area contributed by atoms with Gasteiger partial charge in [0.05, 0.1) is 5.56 Å². The minimum Gasteiger partial charge on any atom is -0.398 e. The molecule has 0 saturated heterocycles. The third kappa shape index (κ3) is 2.09. The Morgan fingerprint density at radius 3 is 2.75 bits per heavy atom. The molecule has 0 bridgehead atoms. The van der Waals surface area contributed by atoms with E-state index in [2.05, 4.69) is 26.1 Å². The third-order valence-electron chi connectivity index (χ3n) is 2.20. The lowest BCUT2D eigenvalue weighted by atomic mass is 10.2. The van der Waals surface area contributed by atoms with E-state index in [1.807, 2.05) is 26.0 Å². The molecule has 0 radical (unpaired) electrons. The van der Waals surface area contributed by atoms with Crippen molar-refractivity contribution in [1.82, 2.24) is 10.1 Å². The van der Waals surface area contributed by atoms with E-state index in [4.69, 9.17) is 10.3 Å². The average Bonchev–Trinajstić information content (AvgIpc) is 2.70. The molecule has 2 N–H and O–H groups in total. The number of anilines is 1. The quantitative estimate of drug-likeness (QED) is 0.859. The summed E-state index contributed by atoms with van der Waals surface area (Å²) in [5.74, 6) is 1.39. The Morgan fingerprint density at radius 1 is 1.38 bits per heavy atom. The lowest BCUT2D eigenvalue weighted by Crippen LogP contribution is -1.92. The van der Waals surface area contributed by atoms with E-state index in [0.29, 0.717) is 17.4 Å². The number of nitrogens with two attached hydrogens (primary N) is 1. The number of halogens is 1. The van der Waals surface area contributed by atoms with Crippen LogP contribution >= 0.6 is 15.9 Å². The van der Waals surface area contributed by atoms with Crippen LogP contribution in [0.3, 0.4) is 0 Å². The van der Waals surface area contributed by atoms with E-state index in [1.165, 1.54) is 0 Å². The summed E-state index contributed by atoms with van der Waals surface area (Å²) in [4.78, 5) is 4.30. The fraction of sp³-hybridized carbons (Fsp3) is 0.273. The van der Waals surface area contributed by atoms with Crippen molar-refractivity contribution in [2.45, 2.75) is 19.8 Å². The highest BCUT2D eigenvalue weighted by Gasteiger charge is 2.13. The summed E-state index contributed by atoms with van der Waals surface area (Å²) in [6, 6.07) is 5.55. The lowest BCUT2D eigenvalue weighted by molar-refractivity contribution is 0.419. The zero-order valence-electron chi connectivity index (χ0n) is 9.07. The van der Waals surface area contributed by atoms with Gasteiger partial charge >= 0.3 is 0 Å². The van der Waals surface area contributed by atoms with Crippen LogP contribution in [-0.2, 0) is 0 Å². The van der Waals surface area contributed by atoms with Crippen molar-refractivity contribution < 1.29 is 4.52 Å². The maximum Gasteiger partial charge on any atom is 0.260 e. The molecule has 0 atom stereocenters. The standard InChI is InChI=1S/C11H12BrN3O/c1-6(2)10-14-11(16-15-10)8-5-7(12)3-4-9(8)13/h3-6H,13H2,1-2H3. The first-order valence-corrected chi connectivity index (χ1v) is 5.76. The smallest absolute Gasteiger partial charge is 0.260 e. The SMILES string of the molecule is CC(C)c1noc(-c2cc(Br)ccc2N)n1. The molecule has 2 rings (SSSR count). The Morgan fingerprint density at radius 2 is 2.12 bits per heavy atom.